The SMILES string of the molecule is CC1=CC(=O)C2=C(CC3C(=CCC4C(=O)N(c5ccc(Cl)cc5)C(=O)C43)C2c2cc(OC(F)(F)F)ccc2O)C1=O. The minimum absolute atomic E-state index is 0.0123. The van der Waals surface area contributed by atoms with Gasteiger partial charge in [-0.05, 0) is 74.2 Å². The Labute approximate surface area is 236 Å². The van der Waals surface area contributed by atoms with Crippen molar-refractivity contribution in [2.75, 3.05) is 4.90 Å². The molecule has 1 aliphatic heterocycles. The number of phenolic OH excluding ortho intramolecular Hbond substituents is 1. The third-order valence-corrected chi connectivity index (χ3v) is 8.44. The van der Waals surface area contributed by atoms with E-state index in [1.54, 1.807) is 30.3 Å². The van der Waals surface area contributed by atoms with Crippen molar-refractivity contribution in [2.24, 2.45) is 17.8 Å². The predicted molar refractivity (Wildman–Crippen MR) is 140 cm³/mol. The van der Waals surface area contributed by atoms with Crippen molar-refractivity contribution in [3.63, 3.8) is 0 Å². The number of allylic oxidation sites excluding steroid dienone is 6. The number of benzene rings is 2. The third-order valence-electron chi connectivity index (χ3n) is 8.19. The normalized spacial score (nSPS) is 25.9. The van der Waals surface area contributed by atoms with Gasteiger partial charge in [-0.25, -0.2) is 0 Å². The summed E-state index contributed by atoms with van der Waals surface area (Å²) in [7, 11) is 0. The number of Topliss-reactive ketones (excluding diaryl/α,β-unsaturated/α-hetero) is 1. The summed E-state index contributed by atoms with van der Waals surface area (Å²) in [5.41, 5.74) is 1.08. The molecule has 2 aromatic carbocycles. The zero-order chi connectivity index (χ0) is 29.4. The van der Waals surface area contributed by atoms with E-state index in [0.29, 0.717) is 16.3 Å². The first-order chi connectivity index (χ1) is 19.4. The van der Waals surface area contributed by atoms with Crippen LogP contribution in [-0.2, 0) is 19.2 Å². The Bertz CT molecular complexity index is 1640. The number of ketones is 2. The maximum Gasteiger partial charge on any atom is 0.573 e. The average molecular weight is 584 g/mol. The highest BCUT2D eigenvalue weighted by Crippen LogP contribution is 2.56. The number of aromatic hydroxyl groups is 1. The van der Waals surface area contributed by atoms with Crippen molar-refractivity contribution >= 4 is 40.7 Å². The molecule has 4 atom stereocenters. The second kappa shape index (κ2) is 9.44. The zero-order valence-electron chi connectivity index (χ0n) is 21.4. The van der Waals surface area contributed by atoms with Gasteiger partial charge < -0.3 is 9.84 Å². The number of amides is 2. The van der Waals surface area contributed by atoms with Crippen LogP contribution in [-0.4, -0.2) is 34.8 Å². The second-order valence-electron chi connectivity index (χ2n) is 10.5. The van der Waals surface area contributed by atoms with Gasteiger partial charge in [0.15, 0.2) is 11.6 Å². The van der Waals surface area contributed by atoms with E-state index in [4.69, 9.17) is 11.6 Å². The van der Waals surface area contributed by atoms with Gasteiger partial charge in [0, 0.05) is 33.2 Å². The molecule has 0 aromatic heterocycles. The first kappa shape index (κ1) is 27.0. The minimum Gasteiger partial charge on any atom is -0.508 e. The molecular weight excluding hydrogens is 563 g/mol. The van der Waals surface area contributed by atoms with E-state index in [1.165, 1.54) is 13.0 Å². The summed E-state index contributed by atoms with van der Waals surface area (Å²) in [5, 5.41) is 11.2. The van der Waals surface area contributed by atoms with Crippen LogP contribution in [0.1, 0.15) is 31.2 Å². The van der Waals surface area contributed by atoms with Crippen molar-refractivity contribution < 1.29 is 42.2 Å². The number of nitrogens with zero attached hydrogens (tertiary/aromatic N) is 1. The molecule has 2 amide bonds. The van der Waals surface area contributed by atoms with Gasteiger partial charge in [0.25, 0.3) is 0 Å². The highest BCUT2D eigenvalue weighted by Gasteiger charge is 2.56. The molecule has 4 aliphatic rings. The number of carbonyl (C=O) groups is 4. The molecule has 7 nitrogen and oxygen atoms in total. The first-order valence-electron chi connectivity index (χ1n) is 12.8. The average Bonchev–Trinajstić information content (AvgIpc) is 3.17. The van der Waals surface area contributed by atoms with Gasteiger partial charge in [-0.2, -0.15) is 0 Å². The van der Waals surface area contributed by atoms with Crippen LogP contribution in [0.4, 0.5) is 18.9 Å². The molecule has 6 rings (SSSR count). The Hall–Kier alpha value is -4.18. The largest absolute Gasteiger partial charge is 0.573 e. The molecule has 0 bridgehead atoms. The zero-order valence-corrected chi connectivity index (χ0v) is 22.1. The quantitative estimate of drug-likeness (QED) is 0.288. The van der Waals surface area contributed by atoms with Crippen molar-refractivity contribution in [3.8, 4) is 11.5 Å². The van der Waals surface area contributed by atoms with Crippen molar-refractivity contribution in [2.45, 2.75) is 32.0 Å². The molecule has 3 aliphatic carbocycles. The van der Waals surface area contributed by atoms with Crippen LogP contribution in [0.3, 0.4) is 0 Å². The van der Waals surface area contributed by atoms with E-state index in [0.717, 1.165) is 23.1 Å². The van der Waals surface area contributed by atoms with Crippen molar-refractivity contribution in [1.29, 1.82) is 0 Å². The molecule has 1 fully saturated rings. The lowest BCUT2D eigenvalue weighted by Gasteiger charge is -2.42. The molecule has 1 heterocycles. The summed E-state index contributed by atoms with van der Waals surface area (Å²) < 4.78 is 43.2. The number of phenols is 1. The Morgan fingerprint density at radius 1 is 1.00 bits per heavy atom. The standard InChI is InChI=1S/C30H21ClF3NO6/c1-13-10-23(37)26-21(27(13)38)12-19-17(24(26)20-11-16(6-9-22(20)36)41-30(32,33)34)7-8-18-25(19)29(40)35(28(18)39)15-4-2-14(31)3-5-15/h2-7,9-11,18-19,24-25,36H,8,12H2,1H3. The van der Waals surface area contributed by atoms with E-state index in [-0.39, 0.29) is 35.1 Å². The van der Waals surface area contributed by atoms with Gasteiger partial charge in [-0.15, -0.1) is 13.2 Å². The topological polar surface area (TPSA) is 101 Å². The fourth-order valence-corrected chi connectivity index (χ4v) is 6.67. The molecule has 0 spiro atoms. The number of hydrogen-bond donors (Lipinski definition) is 1. The molecule has 210 valence electrons. The van der Waals surface area contributed by atoms with Crippen LogP contribution in [0.5, 0.6) is 11.5 Å². The summed E-state index contributed by atoms with van der Waals surface area (Å²) in [4.78, 5) is 55.1. The van der Waals surface area contributed by atoms with E-state index in [2.05, 4.69) is 4.74 Å². The number of ether oxygens (including phenoxy) is 1. The molecule has 4 unspecified atom stereocenters. The maximum absolute atomic E-state index is 13.9. The lowest BCUT2D eigenvalue weighted by atomic mass is 9.59. The van der Waals surface area contributed by atoms with E-state index in [9.17, 15) is 37.5 Å². The smallest absolute Gasteiger partial charge is 0.508 e. The maximum atomic E-state index is 13.9. The third kappa shape index (κ3) is 4.37. The van der Waals surface area contributed by atoms with Gasteiger partial charge in [-0.3, -0.25) is 24.1 Å². The Balaban J connectivity index is 1.49. The lowest BCUT2D eigenvalue weighted by Crippen LogP contribution is -2.39. The molecule has 2 aromatic rings. The summed E-state index contributed by atoms with van der Waals surface area (Å²) in [6, 6.07) is 9.15. The fourth-order valence-electron chi connectivity index (χ4n) is 6.54. The molecule has 0 radical (unpaired) electrons. The Kier molecular flexibility index (Phi) is 6.22. The second-order valence-corrected chi connectivity index (χ2v) is 10.9. The van der Waals surface area contributed by atoms with Gasteiger partial charge in [0.1, 0.15) is 11.5 Å². The van der Waals surface area contributed by atoms with Crippen molar-refractivity contribution in [3.05, 3.63) is 87.5 Å². The number of hydrogen-bond acceptors (Lipinski definition) is 6. The number of anilines is 1. The summed E-state index contributed by atoms with van der Waals surface area (Å²) in [5.74, 6) is -6.36. The molecule has 1 N–H and O–H groups in total. The number of fused-ring (bicyclic) bond motifs is 3. The Morgan fingerprint density at radius 3 is 2.39 bits per heavy atom. The van der Waals surface area contributed by atoms with Crippen LogP contribution < -0.4 is 9.64 Å². The van der Waals surface area contributed by atoms with E-state index in [1.807, 2.05) is 0 Å². The molecule has 0 saturated carbocycles. The van der Waals surface area contributed by atoms with Crippen LogP contribution in [0.25, 0.3) is 0 Å². The van der Waals surface area contributed by atoms with Crippen LogP contribution in [0, 0.1) is 17.8 Å². The van der Waals surface area contributed by atoms with Gasteiger partial charge in [0.05, 0.1) is 17.5 Å². The minimum atomic E-state index is -5.01. The number of imide groups is 1. The molecule has 11 heteroatoms. The van der Waals surface area contributed by atoms with E-state index >= 15 is 0 Å². The van der Waals surface area contributed by atoms with Crippen LogP contribution >= 0.6 is 11.6 Å². The van der Waals surface area contributed by atoms with Crippen molar-refractivity contribution in [1.82, 2.24) is 0 Å². The Morgan fingerprint density at radius 2 is 1.71 bits per heavy atom. The fraction of sp³-hybridized carbons (Fsp3) is 0.267. The van der Waals surface area contributed by atoms with Gasteiger partial charge in [0.2, 0.25) is 11.8 Å². The summed E-state index contributed by atoms with van der Waals surface area (Å²) in [6.07, 6.45) is -2.03. The van der Waals surface area contributed by atoms with E-state index < -0.39 is 64.9 Å². The molecular formula is C30H21ClF3NO6. The van der Waals surface area contributed by atoms with Gasteiger partial charge in [-0.1, -0.05) is 23.3 Å². The summed E-state index contributed by atoms with van der Waals surface area (Å²) >= 11 is 5.98. The number of alkyl halides is 3. The summed E-state index contributed by atoms with van der Waals surface area (Å²) in [6.45, 7) is 1.48. The number of rotatable bonds is 3. The predicted octanol–water partition coefficient (Wildman–Crippen LogP) is 5.58. The van der Waals surface area contributed by atoms with Crippen LogP contribution in [0.2, 0.25) is 5.02 Å². The monoisotopic (exact) mass is 583 g/mol. The lowest BCUT2D eigenvalue weighted by molar-refractivity contribution is -0.274. The molecule has 41 heavy (non-hydrogen) atoms. The molecule has 1 saturated heterocycles. The van der Waals surface area contributed by atoms with Crippen LogP contribution in [0.15, 0.2) is 76.9 Å². The highest BCUT2D eigenvalue weighted by molar-refractivity contribution is 6.31. The first-order valence-corrected chi connectivity index (χ1v) is 13.2. The number of halogens is 4. The number of carbonyl (C=O) groups excluding carboxylic acids is 4. The van der Waals surface area contributed by atoms with Gasteiger partial charge >= 0.3 is 6.36 Å². The highest BCUT2D eigenvalue weighted by atomic mass is 35.5.